The Morgan fingerprint density at radius 3 is 2.12 bits per heavy atom. The van der Waals surface area contributed by atoms with Gasteiger partial charge in [0.25, 0.3) is 0 Å². The maximum Gasteiger partial charge on any atom is 0.177 e. The fourth-order valence-corrected chi connectivity index (χ4v) is 4.63. The molecule has 0 amide bonds. The van der Waals surface area contributed by atoms with E-state index in [4.69, 9.17) is 14.3 Å². The molecule has 0 N–H and O–H groups in total. The maximum absolute atomic E-state index is 6.13. The predicted octanol–water partition coefficient (Wildman–Crippen LogP) is 5.23. The van der Waals surface area contributed by atoms with E-state index in [1.54, 1.807) is 13.3 Å². The normalized spacial score (nSPS) is 15.2. The van der Waals surface area contributed by atoms with Crippen LogP contribution >= 0.6 is 0 Å². The van der Waals surface area contributed by atoms with Crippen LogP contribution in [0.3, 0.4) is 0 Å². The van der Waals surface area contributed by atoms with Gasteiger partial charge in [0.15, 0.2) is 11.3 Å². The van der Waals surface area contributed by atoms with Crippen LogP contribution < -0.4 is 14.8 Å². The number of hydrogen-bond donors (Lipinski definition) is 0. The molecule has 6 rings (SSSR count). The zero-order chi connectivity index (χ0) is 22.2. The Kier molecular flexibility index (Phi) is 4.83. The molecule has 0 spiro atoms. The van der Waals surface area contributed by atoms with Crippen LogP contribution in [-0.2, 0) is 12.8 Å². The summed E-state index contributed by atoms with van der Waals surface area (Å²) in [6.07, 6.45) is 5.63. The molecule has 6 nitrogen and oxygen atoms in total. The molecule has 0 radical (unpaired) electrons. The molecule has 164 valence electrons. The van der Waals surface area contributed by atoms with E-state index in [1.165, 1.54) is 11.1 Å². The second kappa shape index (κ2) is 8.13. The Morgan fingerprint density at radius 1 is 0.818 bits per heavy atom. The lowest BCUT2D eigenvalue weighted by Gasteiger charge is -2.12. The summed E-state index contributed by atoms with van der Waals surface area (Å²) >= 11 is 0. The summed E-state index contributed by atoms with van der Waals surface area (Å²) in [4.78, 5) is 0. The summed E-state index contributed by atoms with van der Waals surface area (Å²) in [7, 11) is 1.66. The van der Waals surface area contributed by atoms with E-state index in [0.717, 1.165) is 48.3 Å². The molecular formula is C27H24N4O2. The number of hydrogen-bond acceptors (Lipinski definition) is 6. The van der Waals surface area contributed by atoms with Crippen LogP contribution in [0.5, 0.6) is 5.75 Å². The van der Waals surface area contributed by atoms with E-state index in [1.807, 2.05) is 46.6 Å². The van der Waals surface area contributed by atoms with Crippen molar-refractivity contribution in [2.75, 3.05) is 30.2 Å². The van der Waals surface area contributed by atoms with Crippen LogP contribution in [0.25, 0.3) is 11.0 Å². The quantitative estimate of drug-likeness (QED) is 0.402. The SMILES string of the molecule is COc1c(C=NN2CCc3ccccc32)ccc2cc(C=NN3CCc4ccccc43)oc12. The number of hydrazone groups is 2. The molecule has 0 aliphatic carbocycles. The van der Waals surface area contributed by atoms with Crippen molar-refractivity contribution in [2.45, 2.75) is 12.8 Å². The highest BCUT2D eigenvalue weighted by Crippen LogP contribution is 2.33. The van der Waals surface area contributed by atoms with Crippen LogP contribution in [-0.4, -0.2) is 32.6 Å². The Hall–Kier alpha value is -4.06. The van der Waals surface area contributed by atoms with Gasteiger partial charge in [-0.15, -0.1) is 0 Å². The molecule has 33 heavy (non-hydrogen) atoms. The Morgan fingerprint density at radius 2 is 1.45 bits per heavy atom. The van der Waals surface area contributed by atoms with Crippen molar-refractivity contribution in [3.63, 3.8) is 0 Å². The number of methoxy groups -OCH3 is 1. The molecule has 4 aromatic rings. The molecule has 0 unspecified atom stereocenters. The minimum absolute atomic E-state index is 0.676. The van der Waals surface area contributed by atoms with Gasteiger partial charge in [-0.05, 0) is 48.2 Å². The molecule has 0 fully saturated rings. The van der Waals surface area contributed by atoms with Gasteiger partial charge in [-0.3, -0.25) is 10.0 Å². The van der Waals surface area contributed by atoms with Gasteiger partial charge in [0.05, 0.1) is 30.9 Å². The standard InChI is InChI=1S/C27H24N4O2/c1-32-26-22(17-28-30-14-12-19-6-2-4-8-24(19)30)11-10-21-16-23(33-27(21)26)18-29-31-15-13-20-7-3-5-9-25(20)31/h2-11,16-18H,12-15H2,1H3. The van der Waals surface area contributed by atoms with Gasteiger partial charge in [-0.25, -0.2) is 0 Å². The van der Waals surface area contributed by atoms with Crippen LogP contribution in [0.4, 0.5) is 11.4 Å². The number of rotatable bonds is 5. The van der Waals surface area contributed by atoms with Crippen molar-refractivity contribution in [3.8, 4) is 5.75 Å². The van der Waals surface area contributed by atoms with Crippen molar-refractivity contribution in [1.82, 2.24) is 0 Å². The van der Waals surface area contributed by atoms with E-state index in [9.17, 15) is 0 Å². The number of benzene rings is 3. The third kappa shape index (κ3) is 3.53. The molecule has 0 atom stereocenters. The van der Waals surface area contributed by atoms with Gasteiger partial charge in [0.1, 0.15) is 5.76 Å². The van der Waals surface area contributed by atoms with Crippen molar-refractivity contribution < 1.29 is 9.15 Å². The summed E-state index contributed by atoms with van der Waals surface area (Å²) < 4.78 is 11.9. The van der Waals surface area contributed by atoms with Crippen molar-refractivity contribution in [2.24, 2.45) is 10.2 Å². The Balaban J connectivity index is 1.27. The Labute approximate surface area is 192 Å². The average molecular weight is 437 g/mol. The third-order valence-electron chi connectivity index (χ3n) is 6.28. The zero-order valence-corrected chi connectivity index (χ0v) is 18.4. The van der Waals surface area contributed by atoms with E-state index >= 15 is 0 Å². The first-order chi connectivity index (χ1) is 16.3. The number of nitrogens with zero attached hydrogens (tertiary/aromatic N) is 4. The van der Waals surface area contributed by atoms with Gasteiger partial charge in [-0.1, -0.05) is 42.5 Å². The Bertz CT molecular complexity index is 1390. The van der Waals surface area contributed by atoms with E-state index in [0.29, 0.717) is 17.1 Å². The van der Waals surface area contributed by atoms with Gasteiger partial charge < -0.3 is 9.15 Å². The van der Waals surface area contributed by atoms with Crippen LogP contribution in [0.1, 0.15) is 22.5 Å². The predicted molar refractivity (Wildman–Crippen MR) is 133 cm³/mol. The molecule has 2 aliphatic rings. The molecule has 0 saturated heterocycles. The van der Waals surface area contributed by atoms with Crippen molar-refractivity contribution >= 4 is 34.8 Å². The molecule has 3 aromatic carbocycles. The van der Waals surface area contributed by atoms with Gasteiger partial charge in [-0.2, -0.15) is 10.2 Å². The molecule has 6 heteroatoms. The van der Waals surface area contributed by atoms with Gasteiger partial charge in [0.2, 0.25) is 0 Å². The van der Waals surface area contributed by atoms with E-state index in [-0.39, 0.29) is 0 Å². The minimum atomic E-state index is 0.676. The highest BCUT2D eigenvalue weighted by molar-refractivity contribution is 5.97. The number of anilines is 2. The number of ether oxygens (including phenoxy) is 1. The molecular weight excluding hydrogens is 412 g/mol. The largest absolute Gasteiger partial charge is 0.492 e. The number of para-hydroxylation sites is 2. The third-order valence-corrected chi connectivity index (χ3v) is 6.28. The molecule has 2 aliphatic heterocycles. The lowest BCUT2D eigenvalue weighted by Crippen LogP contribution is -2.12. The fourth-order valence-electron chi connectivity index (χ4n) is 4.63. The highest BCUT2D eigenvalue weighted by Gasteiger charge is 2.19. The second-order valence-electron chi connectivity index (χ2n) is 8.25. The summed E-state index contributed by atoms with van der Waals surface area (Å²) in [5.41, 5.74) is 6.54. The molecule has 3 heterocycles. The zero-order valence-electron chi connectivity index (χ0n) is 18.4. The average Bonchev–Trinajstić information content (AvgIpc) is 3.57. The van der Waals surface area contributed by atoms with Crippen molar-refractivity contribution in [3.05, 3.63) is 89.2 Å². The molecule has 1 aromatic heterocycles. The van der Waals surface area contributed by atoms with Crippen LogP contribution in [0.15, 0.2) is 81.4 Å². The summed E-state index contributed by atoms with van der Waals surface area (Å²) in [6.45, 7) is 1.75. The first-order valence-corrected chi connectivity index (χ1v) is 11.2. The lowest BCUT2D eigenvalue weighted by atomic mass is 10.1. The minimum Gasteiger partial charge on any atom is -0.492 e. The van der Waals surface area contributed by atoms with Gasteiger partial charge in [0, 0.05) is 24.0 Å². The second-order valence-corrected chi connectivity index (χ2v) is 8.25. The van der Waals surface area contributed by atoms with Crippen LogP contribution in [0.2, 0.25) is 0 Å². The topological polar surface area (TPSA) is 53.6 Å². The molecule has 0 bridgehead atoms. The summed E-state index contributed by atoms with van der Waals surface area (Å²) in [6, 6.07) is 22.8. The van der Waals surface area contributed by atoms with E-state index in [2.05, 4.69) is 41.5 Å². The fraction of sp³-hybridized carbons (Fsp3) is 0.185. The number of fused-ring (bicyclic) bond motifs is 3. The van der Waals surface area contributed by atoms with Crippen LogP contribution in [0, 0.1) is 0 Å². The molecule has 0 saturated carbocycles. The summed E-state index contributed by atoms with van der Waals surface area (Å²) in [5, 5.41) is 14.4. The van der Waals surface area contributed by atoms with Crippen molar-refractivity contribution in [1.29, 1.82) is 0 Å². The first-order valence-electron chi connectivity index (χ1n) is 11.2. The number of furan rings is 1. The summed E-state index contributed by atoms with van der Waals surface area (Å²) in [5.74, 6) is 1.37. The maximum atomic E-state index is 6.13. The smallest absolute Gasteiger partial charge is 0.177 e. The highest BCUT2D eigenvalue weighted by atomic mass is 16.5. The van der Waals surface area contributed by atoms with E-state index < -0.39 is 0 Å². The monoisotopic (exact) mass is 436 g/mol. The lowest BCUT2D eigenvalue weighted by molar-refractivity contribution is 0.409. The first kappa shape index (κ1) is 19.6. The van der Waals surface area contributed by atoms with Gasteiger partial charge >= 0.3 is 0 Å².